The molecule has 0 bridgehead atoms. The van der Waals surface area contributed by atoms with E-state index in [1.54, 1.807) is 5.57 Å². The second-order valence-electron chi connectivity index (χ2n) is 4.79. The van der Waals surface area contributed by atoms with Gasteiger partial charge in [0, 0.05) is 0 Å². The minimum Gasteiger partial charge on any atom is -0.0845 e. The highest BCUT2D eigenvalue weighted by atomic mass is 14.4. The van der Waals surface area contributed by atoms with Crippen LogP contribution in [0, 0.1) is 23.7 Å². The Bertz CT molecular complexity index is 247. The highest BCUT2D eigenvalue weighted by molar-refractivity contribution is 5.25. The van der Waals surface area contributed by atoms with Crippen molar-refractivity contribution in [3.8, 4) is 0 Å². The second kappa shape index (κ2) is 3.32. The fourth-order valence-electron chi connectivity index (χ4n) is 3.02. The van der Waals surface area contributed by atoms with Crippen LogP contribution in [0.15, 0.2) is 23.8 Å². The predicted molar refractivity (Wildman–Crippen MR) is 57.4 cm³/mol. The van der Waals surface area contributed by atoms with Crippen molar-refractivity contribution in [2.24, 2.45) is 23.7 Å². The van der Waals surface area contributed by atoms with Crippen LogP contribution >= 0.6 is 0 Å². The Hall–Kier alpha value is -0.520. The van der Waals surface area contributed by atoms with Crippen molar-refractivity contribution < 1.29 is 0 Å². The molecule has 0 aliphatic heterocycles. The van der Waals surface area contributed by atoms with Gasteiger partial charge in [-0.15, -0.1) is 0 Å². The first-order valence-electron chi connectivity index (χ1n) is 5.58. The molecular formula is C13H20. The van der Waals surface area contributed by atoms with E-state index >= 15 is 0 Å². The van der Waals surface area contributed by atoms with Gasteiger partial charge in [0.2, 0.25) is 0 Å². The second-order valence-corrected chi connectivity index (χ2v) is 4.79. The summed E-state index contributed by atoms with van der Waals surface area (Å²) in [6.07, 6.45) is 9.60. The molecule has 13 heavy (non-hydrogen) atoms. The van der Waals surface area contributed by atoms with Gasteiger partial charge in [-0.25, -0.2) is 0 Å². The summed E-state index contributed by atoms with van der Waals surface area (Å²) in [6, 6.07) is 0. The Morgan fingerprint density at radius 1 is 1.15 bits per heavy atom. The SMILES string of the molecule is CC1C2=CC=CCCC2C(C)C1C. The Morgan fingerprint density at radius 2 is 1.92 bits per heavy atom. The molecule has 0 aromatic carbocycles. The third kappa shape index (κ3) is 1.37. The minimum absolute atomic E-state index is 0.808. The van der Waals surface area contributed by atoms with Crippen LogP contribution in [0.25, 0.3) is 0 Å². The lowest BCUT2D eigenvalue weighted by molar-refractivity contribution is 0.331. The zero-order chi connectivity index (χ0) is 9.42. The zero-order valence-corrected chi connectivity index (χ0v) is 8.96. The summed E-state index contributed by atoms with van der Waals surface area (Å²) in [5, 5.41) is 0. The molecule has 2 aliphatic carbocycles. The van der Waals surface area contributed by atoms with Crippen LogP contribution in [-0.2, 0) is 0 Å². The summed E-state index contributed by atoms with van der Waals surface area (Å²) in [6.45, 7) is 7.23. The van der Waals surface area contributed by atoms with Gasteiger partial charge >= 0.3 is 0 Å². The van der Waals surface area contributed by atoms with Crippen molar-refractivity contribution in [1.82, 2.24) is 0 Å². The number of fused-ring (bicyclic) bond motifs is 1. The highest BCUT2D eigenvalue weighted by Crippen LogP contribution is 2.47. The lowest BCUT2D eigenvalue weighted by Gasteiger charge is -2.17. The minimum atomic E-state index is 0.808. The predicted octanol–water partition coefficient (Wildman–Crippen LogP) is 3.80. The summed E-state index contributed by atoms with van der Waals surface area (Å²) >= 11 is 0. The van der Waals surface area contributed by atoms with Gasteiger partial charge in [-0.3, -0.25) is 0 Å². The molecule has 2 aliphatic rings. The van der Waals surface area contributed by atoms with Crippen molar-refractivity contribution in [3.63, 3.8) is 0 Å². The standard InChI is InChI=1S/C13H20/c1-9-10(2)12-7-5-4-6-8-13(12)11(9)3/h4-5,7,9-11,13H,6,8H2,1-3H3. The lowest BCUT2D eigenvalue weighted by atomic mass is 9.88. The van der Waals surface area contributed by atoms with Gasteiger partial charge in [0.1, 0.15) is 0 Å². The maximum Gasteiger partial charge on any atom is -0.0166 e. The van der Waals surface area contributed by atoms with Crippen molar-refractivity contribution in [2.75, 3.05) is 0 Å². The van der Waals surface area contributed by atoms with Gasteiger partial charge < -0.3 is 0 Å². The molecule has 0 heterocycles. The van der Waals surface area contributed by atoms with Crippen LogP contribution in [0.5, 0.6) is 0 Å². The third-order valence-electron chi connectivity index (χ3n) is 4.28. The number of hydrogen-bond acceptors (Lipinski definition) is 0. The van der Waals surface area contributed by atoms with E-state index in [2.05, 4.69) is 39.0 Å². The fraction of sp³-hybridized carbons (Fsp3) is 0.692. The molecule has 0 nitrogen and oxygen atoms in total. The molecule has 0 radical (unpaired) electrons. The van der Waals surface area contributed by atoms with E-state index < -0.39 is 0 Å². The fourth-order valence-corrected chi connectivity index (χ4v) is 3.02. The Balaban J connectivity index is 2.30. The van der Waals surface area contributed by atoms with Crippen LogP contribution < -0.4 is 0 Å². The van der Waals surface area contributed by atoms with E-state index in [9.17, 15) is 0 Å². The van der Waals surface area contributed by atoms with Crippen molar-refractivity contribution in [1.29, 1.82) is 0 Å². The van der Waals surface area contributed by atoms with E-state index in [-0.39, 0.29) is 0 Å². The Morgan fingerprint density at radius 3 is 2.69 bits per heavy atom. The van der Waals surface area contributed by atoms with Crippen LogP contribution in [0.1, 0.15) is 33.6 Å². The molecule has 72 valence electrons. The molecule has 0 aromatic heterocycles. The molecule has 0 aromatic rings. The Kier molecular flexibility index (Phi) is 2.31. The molecular weight excluding hydrogens is 156 g/mol. The van der Waals surface area contributed by atoms with E-state index in [0.717, 1.165) is 23.7 Å². The van der Waals surface area contributed by atoms with Gasteiger partial charge in [0.05, 0.1) is 0 Å². The van der Waals surface area contributed by atoms with Gasteiger partial charge in [0.15, 0.2) is 0 Å². The third-order valence-corrected chi connectivity index (χ3v) is 4.28. The largest absolute Gasteiger partial charge is 0.0845 e. The van der Waals surface area contributed by atoms with Gasteiger partial charge in [-0.05, 0) is 36.5 Å². The maximum atomic E-state index is 2.43. The molecule has 0 spiro atoms. The van der Waals surface area contributed by atoms with Crippen LogP contribution in [-0.4, -0.2) is 0 Å². The van der Waals surface area contributed by atoms with E-state index in [1.807, 2.05) is 0 Å². The highest BCUT2D eigenvalue weighted by Gasteiger charge is 2.38. The first-order valence-corrected chi connectivity index (χ1v) is 5.58. The summed E-state index contributed by atoms with van der Waals surface area (Å²) in [7, 11) is 0. The zero-order valence-electron chi connectivity index (χ0n) is 8.96. The first kappa shape index (κ1) is 9.05. The molecule has 1 fully saturated rings. The molecule has 0 N–H and O–H groups in total. The normalized spacial score (nSPS) is 44.1. The molecule has 4 unspecified atom stereocenters. The molecule has 4 atom stereocenters. The Labute approximate surface area is 81.7 Å². The molecule has 0 heteroatoms. The lowest BCUT2D eigenvalue weighted by Crippen LogP contribution is -2.09. The van der Waals surface area contributed by atoms with Gasteiger partial charge in [0.25, 0.3) is 0 Å². The molecule has 0 amide bonds. The summed E-state index contributed by atoms with van der Waals surface area (Å²) < 4.78 is 0. The van der Waals surface area contributed by atoms with E-state index in [4.69, 9.17) is 0 Å². The van der Waals surface area contributed by atoms with Crippen LogP contribution in [0.2, 0.25) is 0 Å². The summed E-state index contributed by atoms with van der Waals surface area (Å²) in [4.78, 5) is 0. The number of hydrogen-bond donors (Lipinski definition) is 0. The average molecular weight is 176 g/mol. The number of allylic oxidation sites excluding steroid dienone is 4. The van der Waals surface area contributed by atoms with Crippen molar-refractivity contribution in [3.05, 3.63) is 23.8 Å². The molecule has 0 saturated heterocycles. The first-order chi connectivity index (χ1) is 6.22. The monoisotopic (exact) mass is 176 g/mol. The average Bonchev–Trinajstić information content (AvgIpc) is 2.40. The van der Waals surface area contributed by atoms with Crippen molar-refractivity contribution >= 4 is 0 Å². The molecule has 1 saturated carbocycles. The van der Waals surface area contributed by atoms with Crippen LogP contribution in [0.3, 0.4) is 0 Å². The van der Waals surface area contributed by atoms with Crippen LogP contribution in [0.4, 0.5) is 0 Å². The smallest absolute Gasteiger partial charge is 0.0166 e. The van der Waals surface area contributed by atoms with Crippen molar-refractivity contribution in [2.45, 2.75) is 33.6 Å². The van der Waals surface area contributed by atoms with Gasteiger partial charge in [-0.2, -0.15) is 0 Å². The summed E-state index contributed by atoms with van der Waals surface area (Å²) in [5.74, 6) is 3.45. The quantitative estimate of drug-likeness (QED) is 0.526. The topological polar surface area (TPSA) is 0 Å². The summed E-state index contributed by atoms with van der Waals surface area (Å²) in [5.41, 5.74) is 1.72. The van der Waals surface area contributed by atoms with E-state index in [0.29, 0.717) is 0 Å². The number of rotatable bonds is 0. The van der Waals surface area contributed by atoms with Gasteiger partial charge in [-0.1, -0.05) is 44.6 Å². The van der Waals surface area contributed by atoms with E-state index in [1.165, 1.54) is 12.8 Å². The molecule has 2 rings (SSSR count). The maximum absolute atomic E-state index is 2.43.